The number of nitrogens with two attached hydrogens (primary N) is 1. The van der Waals surface area contributed by atoms with Crippen molar-refractivity contribution < 1.29 is 9.53 Å². The van der Waals surface area contributed by atoms with Gasteiger partial charge in [0.25, 0.3) is 0 Å². The number of anilines is 1. The molecule has 0 saturated heterocycles. The number of carbonyl (C=O) groups excluding carboxylic acids is 1. The number of benzene rings is 1. The molecule has 0 amide bonds. The second-order valence-electron chi connectivity index (χ2n) is 3.50. The van der Waals surface area contributed by atoms with Crippen LogP contribution in [-0.4, -0.2) is 22.6 Å². The number of imidazole rings is 1. The Labute approximate surface area is 103 Å². The summed E-state index contributed by atoms with van der Waals surface area (Å²) in [6.45, 7) is 0. The molecular formula is C12H10N4O2. The number of nitrogen functional groups attached to an aromatic ring is 1. The first-order chi connectivity index (χ1) is 8.67. The number of aromatic nitrogens is 2. The van der Waals surface area contributed by atoms with E-state index in [1.807, 2.05) is 6.07 Å². The van der Waals surface area contributed by atoms with Gasteiger partial charge in [-0.1, -0.05) is 0 Å². The Bertz CT molecular complexity index is 640. The van der Waals surface area contributed by atoms with Crippen LogP contribution in [0.5, 0.6) is 0 Å². The molecule has 0 aliphatic rings. The van der Waals surface area contributed by atoms with Crippen molar-refractivity contribution in [2.75, 3.05) is 12.8 Å². The molecule has 90 valence electrons. The highest BCUT2D eigenvalue weighted by atomic mass is 16.5. The molecule has 0 saturated carbocycles. The van der Waals surface area contributed by atoms with E-state index in [-0.39, 0.29) is 5.82 Å². The van der Waals surface area contributed by atoms with E-state index < -0.39 is 5.97 Å². The van der Waals surface area contributed by atoms with Gasteiger partial charge in [-0.15, -0.1) is 0 Å². The molecule has 0 bridgehead atoms. The topological polar surface area (TPSA) is 93.9 Å². The van der Waals surface area contributed by atoms with Crippen LogP contribution in [0.25, 0.3) is 5.69 Å². The number of ether oxygens (including phenoxy) is 1. The zero-order valence-corrected chi connectivity index (χ0v) is 9.62. The molecule has 2 N–H and O–H groups in total. The van der Waals surface area contributed by atoms with Crippen molar-refractivity contribution in [2.45, 2.75) is 0 Å². The molecule has 1 heterocycles. The maximum Gasteiger partial charge on any atom is 0.337 e. The number of hydrogen-bond donors (Lipinski definition) is 1. The molecule has 0 spiro atoms. The van der Waals surface area contributed by atoms with Crippen molar-refractivity contribution >= 4 is 11.7 Å². The lowest BCUT2D eigenvalue weighted by Crippen LogP contribution is -2.06. The van der Waals surface area contributed by atoms with Crippen molar-refractivity contribution in [1.29, 1.82) is 5.26 Å². The highest BCUT2D eigenvalue weighted by Crippen LogP contribution is 2.20. The summed E-state index contributed by atoms with van der Waals surface area (Å²) in [6.07, 6.45) is 3.09. The van der Waals surface area contributed by atoms with Gasteiger partial charge in [-0.2, -0.15) is 5.26 Å². The Morgan fingerprint density at radius 2 is 2.33 bits per heavy atom. The zero-order valence-electron chi connectivity index (χ0n) is 9.62. The molecule has 2 rings (SSSR count). The smallest absolute Gasteiger partial charge is 0.337 e. The second-order valence-corrected chi connectivity index (χ2v) is 3.50. The van der Waals surface area contributed by atoms with Crippen LogP contribution >= 0.6 is 0 Å². The van der Waals surface area contributed by atoms with Gasteiger partial charge in [0.1, 0.15) is 6.07 Å². The second kappa shape index (κ2) is 4.59. The van der Waals surface area contributed by atoms with Gasteiger partial charge in [0, 0.05) is 12.4 Å². The fourth-order valence-corrected chi connectivity index (χ4v) is 1.58. The fourth-order valence-electron chi connectivity index (χ4n) is 1.58. The summed E-state index contributed by atoms with van der Waals surface area (Å²) in [7, 11) is 1.30. The maximum atomic E-state index is 11.4. The van der Waals surface area contributed by atoms with E-state index in [1.165, 1.54) is 17.9 Å². The van der Waals surface area contributed by atoms with Gasteiger partial charge in [0.15, 0.2) is 0 Å². The van der Waals surface area contributed by atoms with Crippen LogP contribution in [0.2, 0.25) is 0 Å². The monoisotopic (exact) mass is 242 g/mol. The predicted molar refractivity (Wildman–Crippen MR) is 64.0 cm³/mol. The minimum atomic E-state index is -0.463. The van der Waals surface area contributed by atoms with Gasteiger partial charge >= 0.3 is 5.97 Å². The highest BCUT2D eigenvalue weighted by Gasteiger charge is 2.12. The van der Waals surface area contributed by atoms with Crippen molar-refractivity contribution in [1.82, 2.24) is 9.55 Å². The summed E-state index contributed by atoms with van der Waals surface area (Å²) >= 11 is 0. The van der Waals surface area contributed by atoms with Gasteiger partial charge in [0.05, 0.1) is 24.0 Å². The highest BCUT2D eigenvalue weighted by molar-refractivity contribution is 5.91. The van der Waals surface area contributed by atoms with Crippen molar-refractivity contribution in [3.63, 3.8) is 0 Å². The van der Waals surface area contributed by atoms with E-state index in [0.29, 0.717) is 16.9 Å². The number of nitriles is 1. The molecule has 0 atom stereocenters. The van der Waals surface area contributed by atoms with E-state index in [4.69, 9.17) is 11.0 Å². The third kappa shape index (κ3) is 1.89. The minimum absolute atomic E-state index is 0.198. The summed E-state index contributed by atoms with van der Waals surface area (Å²) < 4.78 is 6.15. The molecule has 6 heteroatoms. The van der Waals surface area contributed by atoms with Crippen LogP contribution in [0.15, 0.2) is 30.6 Å². The first-order valence-electron chi connectivity index (χ1n) is 5.09. The number of nitrogens with zero attached hydrogens (tertiary/aromatic N) is 3. The van der Waals surface area contributed by atoms with Gasteiger partial charge in [-0.25, -0.2) is 9.78 Å². The van der Waals surface area contributed by atoms with Gasteiger partial charge in [-0.3, -0.25) is 4.57 Å². The van der Waals surface area contributed by atoms with Crippen LogP contribution in [0.1, 0.15) is 16.2 Å². The third-order valence-electron chi connectivity index (χ3n) is 2.45. The summed E-state index contributed by atoms with van der Waals surface area (Å²) in [6, 6.07) is 6.65. The number of carbonyl (C=O) groups is 1. The molecule has 1 aromatic carbocycles. The van der Waals surface area contributed by atoms with Gasteiger partial charge in [-0.05, 0) is 18.2 Å². The molecule has 0 fully saturated rings. The lowest BCUT2D eigenvalue weighted by atomic mass is 10.1. The first kappa shape index (κ1) is 11.7. The predicted octanol–water partition coefficient (Wildman–Crippen LogP) is 1.11. The molecule has 1 aromatic heterocycles. The van der Waals surface area contributed by atoms with E-state index >= 15 is 0 Å². The number of rotatable bonds is 2. The Morgan fingerprint density at radius 3 is 3.00 bits per heavy atom. The lowest BCUT2D eigenvalue weighted by Gasteiger charge is -2.09. The van der Waals surface area contributed by atoms with Crippen LogP contribution in [0.4, 0.5) is 5.69 Å². The van der Waals surface area contributed by atoms with E-state index in [0.717, 1.165) is 0 Å². The Balaban J connectivity index is 2.58. The Morgan fingerprint density at radius 1 is 1.56 bits per heavy atom. The summed E-state index contributed by atoms with van der Waals surface area (Å²) in [5.41, 5.74) is 7.16. The largest absolute Gasteiger partial charge is 0.465 e. The summed E-state index contributed by atoms with van der Waals surface area (Å²) in [5.74, 6) is -0.265. The maximum absolute atomic E-state index is 11.4. The van der Waals surface area contributed by atoms with Crippen LogP contribution in [0.3, 0.4) is 0 Å². The molecule has 0 radical (unpaired) electrons. The van der Waals surface area contributed by atoms with Crippen molar-refractivity contribution in [3.8, 4) is 11.8 Å². The first-order valence-corrected chi connectivity index (χ1v) is 5.09. The molecule has 0 unspecified atom stereocenters. The standard InChI is InChI=1S/C12H10N4O2/c1-18-12(17)8-2-3-9(14)10(6-8)16-5-4-15-11(16)7-13/h2-6H,14H2,1H3. The van der Waals surface area contributed by atoms with Crippen LogP contribution < -0.4 is 5.73 Å². The fraction of sp³-hybridized carbons (Fsp3) is 0.0833. The molecular weight excluding hydrogens is 232 g/mol. The summed E-state index contributed by atoms with van der Waals surface area (Å²) in [5, 5.41) is 8.92. The quantitative estimate of drug-likeness (QED) is 0.628. The lowest BCUT2D eigenvalue weighted by molar-refractivity contribution is 0.0600. The van der Waals surface area contributed by atoms with E-state index in [2.05, 4.69) is 9.72 Å². The average molecular weight is 242 g/mol. The number of esters is 1. The third-order valence-corrected chi connectivity index (χ3v) is 2.45. The molecule has 6 nitrogen and oxygen atoms in total. The summed E-state index contributed by atoms with van der Waals surface area (Å²) in [4.78, 5) is 15.3. The molecule has 18 heavy (non-hydrogen) atoms. The molecule has 0 aliphatic carbocycles. The van der Waals surface area contributed by atoms with E-state index in [1.54, 1.807) is 24.4 Å². The van der Waals surface area contributed by atoms with Crippen molar-refractivity contribution in [2.24, 2.45) is 0 Å². The Kier molecular flexibility index (Phi) is 2.98. The SMILES string of the molecule is COC(=O)c1ccc(N)c(-n2ccnc2C#N)c1. The number of hydrogen-bond acceptors (Lipinski definition) is 5. The molecule has 0 aliphatic heterocycles. The average Bonchev–Trinajstić information content (AvgIpc) is 2.86. The minimum Gasteiger partial charge on any atom is -0.465 e. The molecule has 2 aromatic rings. The zero-order chi connectivity index (χ0) is 13.1. The van der Waals surface area contributed by atoms with Gasteiger partial charge < -0.3 is 10.5 Å². The van der Waals surface area contributed by atoms with Gasteiger partial charge in [0.2, 0.25) is 5.82 Å². The Hall–Kier alpha value is -2.81. The van der Waals surface area contributed by atoms with Crippen LogP contribution in [-0.2, 0) is 4.74 Å². The van der Waals surface area contributed by atoms with Crippen LogP contribution in [0, 0.1) is 11.3 Å². The van der Waals surface area contributed by atoms with E-state index in [9.17, 15) is 4.79 Å². The number of methoxy groups -OCH3 is 1. The van der Waals surface area contributed by atoms with Crippen molar-refractivity contribution in [3.05, 3.63) is 42.0 Å². The normalized spacial score (nSPS) is 9.78.